The van der Waals surface area contributed by atoms with Crippen LogP contribution in [0.3, 0.4) is 0 Å². The molecule has 1 heterocycles. The summed E-state index contributed by atoms with van der Waals surface area (Å²) in [5, 5.41) is 9.41. The quantitative estimate of drug-likeness (QED) is 0.752. The van der Waals surface area contributed by atoms with Gasteiger partial charge in [-0.15, -0.1) is 23.2 Å². The summed E-state index contributed by atoms with van der Waals surface area (Å²) in [5.41, 5.74) is -0.710. The van der Waals surface area contributed by atoms with Gasteiger partial charge in [-0.2, -0.15) is 0 Å². The summed E-state index contributed by atoms with van der Waals surface area (Å²) >= 11 is 12.0. The topological polar surface area (TPSA) is 66.8 Å². The van der Waals surface area contributed by atoms with E-state index < -0.39 is 33.9 Å². The number of rotatable bonds is 1. The van der Waals surface area contributed by atoms with Gasteiger partial charge in [-0.05, 0) is 33.1 Å². The first kappa shape index (κ1) is 14.9. The summed E-state index contributed by atoms with van der Waals surface area (Å²) in [7, 11) is 0. The minimum Gasteiger partial charge on any atom is -0.443 e. The van der Waals surface area contributed by atoms with Crippen molar-refractivity contribution in [3.63, 3.8) is 0 Å². The molecule has 2 amide bonds. The van der Waals surface area contributed by atoms with E-state index >= 15 is 0 Å². The molecule has 108 valence electrons. The lowest BCUT2D eigenvalue weighted by Crippen LogP contribution is -2.48. The summed E-state index contributed by atoms with van der Waals surface area (Å²) in [6.07, 6.45) is -0.369. The van der Waals surface area contributed by atoms with E-state index in [4.69, 9.17) is 27.9 Å². The second-order valence-corrected chi connectivity index (χ2v) is 7.59. The number of fused-ring (bicyclic) bond motifs is 1. The molecule has 2 rings (SSSR count). The molecule has 0 radical (unpaired) electrons. The Morgan fingerprint density at radius 1 is 1.53 bits per heavy atom. The van der Waals surface area contributed by atoms with E-state index in [1.807, 2.05) is 0 Å². The highest BCUT2D eigenvalue weighted by Crippen LogP contribution is 2.58. The maximum absolute atomic E-state index is 12.2. The first-order valence-electron chi connectivity index (χ1n) is 6.13. The van der Waals surface area contributed by atoms with Gasteiger partial charge < -0.3 is 9.84 Å². The van der Waals surface area contributed by atoms with Crippen molar-refractivity contribution in [2.45, 2.75) is 43.2 Å². The van der Waals surface area contributed by atoms with Crippen LogP contribution in [0.2, 0.25) is 0 Å². The highest BCUT2D eigenvalue weighted by molar-refractivity contribution is 6.50. The van der Waals surface area contributed by atoms with Crippen molar-refractivity contribution in [2.24, 2.45) is 11.8 Å². The Morgan fingerprint density at radius 2 is 2.11 bits per heavy atom. The number of ether oxygens (including phenoxy) is 1. The summed E-state index contributed by atoms with van der Waals surface area (Å²) in [5.74, 6) is -1.30. The molecule has 2 fully saturated rings. The van der Waals surface area contributed by atoms with Gasteiger partial charge in [-0.1, -0.05) is 0 Å². The number of halogens is 2. The molecule has 0 spiro atoms. The van der Waals surface area contributed by atoms with Crippen LogP contribution in [0.5, 0.6) is 0 Å². The molecular weight excluding hydrogens is 293 g/mol. The van der Waals surface area contributed by atoms with Crippen LogP contribution in [0.15, 0.2) is 0 Å². The molecule has 1 aliphatic carbocycles. The number of alkyl halides is 2. The second-order valence-electron chi connectivity index (χ2n) is 6.05. The second kappa shape index (κ2) is 4.50. The van der Waals surface area contributed by atoms with Crippen molar-refractivity contribution >= 4 is 35.2 Å². The number of carbonyl (C=O) groups excluding carboxylic acids is 2. The van der Waals surface area contributed by atoms with Gasteiger partial charge in [0.1, 0.15) is 9.93 Å². The third-order valence-electron chi connectivity index (χ3n) is 3.50. The standard InChI is InChI=1S/C12H17Cl2NO4/c1-11(2,3)19-10(18)15-7(5-16)6-4-12(13,14)8(6)9(15)17/h6-8,16H,4-5H2,1-3H3/t6-,7-,8-/m1/s1. The van der Waals surface area contributed by atoms with Gasteiger partial charge in [-0.25, -0.2) is 9.69 Å². The van der Waals surface area contributed by atoms with E-state index in [0.29, 0.717) is 6.42 Å². The van der Waals surface area contributed by atoms with Crippen molar-refractivity contribution < 1.29 is 19.4 Å². The Bertz CT molecular complexity index is 418. The molecule has 0 aromatic heterocycles. The predicted octanol–water partition coefficient (Wildman–Crippen LogP) is 1.93. The molecular formula is C12H17Cl2NO4. The van der Waals surface area contributed by atoms with E-state index in [0.717, 1.165) is 4.90 Å². The van der Waals surface area contributed by atoms with Gasteiger partial charge in [-0.3, -0.25) is 4.79 Å². The Hall–Kier alpha value is -0.520. The third kappa shape index (κ3) is 2.43. The number of carbonyl (C=O) groups is 2. The van der Waals surface area contributed by atoms with Crippen LogP contribution in [-0.4, -0.2) is 44.6 Å². The van der Waals surface area contributed by atoms with E-state index in [1.165, 1.54) is 0 Å². The average molecular weight is 310 g/mol. The Morgan fingerprint density at radius 3 is 2.53 bits per heavy atom. The van der Waals surface area contributed by atoms with Crippen LogP contribution in [0.1, 0.15) is 27.2 Å². The molecule has 0 bridgehead atoms. The molecule has 0 unspecified atom stereocenters. The van der Waals surface area contributed by atoms with Gasteiger partial charge in [0.25, 0.3) is 0 Å². The highest BCUT2D eigenvalue weighted by Gasteiger charge is 2.66. The highest BCUT2D eigenvalue weighted by atomic mass is 35.5. The van der Waals surface area contributed by atoms with Crippen molar-refractivity contribution in [3.05, 3.63) is 0 Å². The smallest absolute Gasteiger partial charge is 0.417 e. The number of likely N-dealkylation sites (tertiary alicyclic amines) is 1. The van der Waals surface area contributed by atoms with Gasteiger partial charge in [0.2, 0.25) is 5.91 Å². The van der Waals surface area contributed by atoms with E-state index in [9.17, 15) is 14.7 Å². The first-order chi connectivity index (χ1) is 8.58. The maximum Gasteiger partial charge on any atom is 0.417 e. The largest absolute Gasteiger partial charge is 0.443 e. The lowest BCUT2D eigenvalue weighted by molar-refractivity contribution is -0.132. The number of amides is 2. The Kier molecular flexibility index (Phi) is 3.52. The molecule has 0 aromatic rings. The number of nitrogens with zero attached hydrogens (tertiary/aromatic N) is 1. The monoisotopic (exact) mass is 309 g/mol. The zero-order valence-electron chi connectivity index (χ0n) is 11.0. The Balaban J connectivity index is 2.21. The average Bonchev–Trinajstić information content (AvgIpc) is 2.43. The summed E-state index contributed by atoms with van der Waals surface area (Å²) in [6, 6.07) is -0.599. The molecule has 1 aliphatic heterocycles. The van der Waals surface area contributed by atoms with Crippen LogP contribution in [-0.2, 0) is 9.53 Å². The minimum absolute atomic E-state index is 0.194. The zero-order chi connectivity index (χ0) is 14.6. The number of aliphatic hydroxyl groups excluding tert-OH is 1. The van der Waals surface area contributed by atoms with Gasteiger partial charge in [0.15, 0.2) is 0 Å². The summed E-state index contributed by atoms with van der Waals surface area (Å²) in [6.45, 7) is 4.82. The van der Waals surface area contributed by atoms with Crippen molar-refractivity contribution in [2.75, 3.05) is 6.61 Å². The molecule has 7 heteroatoms. The number of aliphatic hydroxyl groups is 1. The SMILES string of the molecule is CC(C)(C)OC(=O)N1C(=O)[C@H]2[C@H](CC2(Cl)Cl)[C@H]1CO. The fourth-order valence-corrected chi connectivity index (χ4v) is 3.56. The van der Waals surface area contributed by atoms with Crippen LogP contribution in [0, 0.1) is 11.8 Å². The molecule has 5 nitrogen and oxygen atoms in total. The molecule has 1 N–H and O–H groups in total. The molecule has 1 saturated carbocycles. The lowest BCUT2D eigenvalue weighted by atomic mass is 9.72. The lowest BCUT2D eigenvalue weighted by Gasteiger charge is -2.42. The Labute approximate surface area is 121 Å². The van der Waals surface area contributed by atoms with Crippen LogP contribution >= 0.6 is 23.2 Å². The summed E-state index contributed by atoms with van der Waals surface area (Å²) in [4.78, 5) is 25.2. The third-order valence-corrected chi connectivity index (χ3v) is 4.28. The van der Waals surface area contributed by atoms with E-state index in [2.05, 4.69) is 0 Å². The van der Waals surface area contributed by atoms with Gasteiger partial charge in [0, 0.05) is 0 Å². The zero-order valence-corrected chi connectivity index (χ0v) is 12.5. The van der Waals surface area contributed by atoms with Crippen LogP contribution in [0.4, 0.5) is 4.79 Å². The fraction of sp³-hybridized carbons (Fsp3) is 0.833. The summed E-state index contributed by atoms with van der Waals surface area (Å²) < 4.78 is 4.04. The molecule has 19 heavy (non-hydrogen) atoms. The molecule has 3 atom stereocenters. The van der Waals surface area contributed by atoms with Crippen molar-refractivity contribution in [1.82, 2.24) is 4.90 Å². The number of hydrogen-bond acceptors (Lipinski definition) is 4. The van der Waals surface area contributed by atoms with E-state index in [-0.39, 0.29) is 12.5 Å². The predicted molar refractivity (Wildman–Crippen MR) is 70.0 cm³/mol. The first-order valence-corrected chi connectivity index (χ1v) is 6.89. The number of imide groups is 1. The minimum atomic E-state index is -1.15. The van der Waals surface area contributed by atoms with Crippen molar-refractivity contribution in [1.29, 1.82) is 0 Å². The maximum atomic E-state index is 12.2. The fourth-order valence-electron chi connectivity index (χ4n) is 2.69. The molecule has 1 saturated heterocycles. The van der Waals surface area contributed by atoms with Crippen LogP contribution < -0.4 is 0 Å². The number of hydrogen-bond donors (Lipinski definition) is 1. The van der Waals surface area contributed by atoms with Crippen molar-refractivity contribution in [3.8, 4) is 0 Å². The molecule has 2 aliphatic rings. The normalized spacial score (nSPS) is 32.8. The van der Waals surface area contributed by atoms with Gasteiger partial charge in [0.05, 0.1) is 18.6 Å². The molecule has 0 aromatic carbocycles. The van der Waals surface area contributed by atoms with E-state index in [1.54, 1.807) is 20.8 Å². The van der Waals surface area contributed by atoms with Gasteiger partial charge >= 0.3 is 6.09 Å². The van der Waals surface area contributed by atoms with Crippen LogP contribution in [0.25, 0.3) is 0 Å².